The molecule has 0 radical (unpaired) electrons. The minimum atomic E-state index is -0.546. The smallest absolute Gasteiger partial charge is 0.245 e. The Kier molecular flexibility index (Phi) is 9.50. The number of hydrogen-bond donors (Lipinski definition) is 2. The molecule has 0 spiro atoms. The number of carbonyl (C=O) groups excluding carboxylic acids is 2. The molecule has 1 aliphatic heterocycles. The Morgan fingerprint density at radius 3 is 2.33 bits per heavy atom. The van der Waals surface area contributed by atoms with Crippen LogP contribution in [0.1, 0.15) is 44.4 Å². The lowest BCUT2D eigenvalue weighted by atomic mass is 9.95. The minimum Gasteiger partial charge on any atom is -0.493 e. The molecule has 0 unspecified atom stereocenters. The molecule has 0 aromatic heterocycles. The second kappa shape index (κ2) is 12.8. The average Bonchev–Trinajstić information content (AvgIpc) is 3.18. The van der Waals surface area contributed by atoms with E-state index in [9.17, 15) is 14.4 Å². The fourth-order valence-corrected chi connectivity index (χ4v) is 6.39. The maximum Gasteiger partial charge on any atom is 0.245 e. The molecule has 0 saturated carbocycles. The monoisotopic (exact) mass is 569 g/mol. The van der Waals surface area contributed by atoms with Crippen molar-refractivity contribution in [2.75, 3.05) is 51.2 Å². The van der Waals surface area contributed by atoms with E-state index < -0.39 is 12.1 Å². The second-order valence-electron chi connectivity index (χ2n) is 10.4. The summed E-state index contributed by atoms with van der Waals surface area (Å²) in [6.07, 6.45) is 1.19. The fraction of sp³-hybridized carbons (Fsp3) is 0.500. The van der Waals surface area contributed by atoms with Crippen molar-refractivity contribution < 1.29 is 23.8 Å². The van der Waals surface area contributed by atoms with E-state index in [2.05, 4.69) is 10.6 Å². The van der Waals surface area contributed by atoms with Crippen molar-refractivity contribution in [2.24, 2.45) is 5.92 Å². The van der Waals surface area contributed by atoms with Crippen LogP contribution in [0.25, 0.3) is 11.1 Å². The first-order valence-corrected chi connectivity index (χ1v) is 14.8. The molecule has 1 saturated heterocycles. The van der Waals surface area contributed by atoms with E-state index in [0.717, 1.165) is 28.2 Å². The van der Waals surface area contributed by atoms with Gasteiger partial charge in [-0.25, -0.2) is 0 Å². The minimum absolute atomic E-state index is 0.00254. The summed E-state index contributed by atoms with van der Waals surface area (Å²) in [5, 5.41) is 6.30. The third-order valence-electron chi connectivity index (χ3n) is 7.48. The number of anilines is 1. The molecule has 4 rings (SSSR count). The van der Waals surface area contributed by atoms with Crippen LogP contribution in [0.2, 0.25) is 0 Å². The molecular formula is C30H39N3O6S. The number of thioether (sulfide) groups is 1. The van der Waals surface area contributed by atoms with Crippen molar-refractivity contribution >= 4 is 29.3 Å². The summed E-state index contributed by atoms with van der Waals surface area (Å²) in [5.41, 5.74) is 3.23. The highest BCUT2D eigenvalue weighted by molar-refractivity contribution is 7.99. The predicted octanol–water partition coefficient (Wildman–Crippen LogP) is 3.87. The lowest BCUT2D eigenvalue weighted by molar-refractivity contribution is -0.132. The van der Waals surface area contributed by atoms with Crippen LogP contribution < -0.4 is 30.3 Å². The Morgan fingerprint density at radius 2 is 1.73 bits per heavy atom. The van der Waals surface area contributed by atoms with Gasteiger partial charge in [0.15, 0.2) is 11.5 Å². The van der Waals surface area contributed by atoms with Crippen LogP contribution in [0.4, 0.5) is 5.69 Å². The van der Waals surface area contributed by atoms with Gasteiger partial charge in [-0.3, -0.25) is 14.4 Å². The molecule has 2 aromatic carbocycles. The van der Waals surface area contributed by atoms with Crippen molar-refractivity contribution in [3.8, 4) is 28.4 Å². The number of methoxy groups -OCH3 is 3. The summed E-state index contributed by atoms with van der Waals surface area (Å²) in [6, 6.07) is 6.14. The Hall–Kier alpha value is -3.40. The van der Waals surface area contributed by atoms with E-state index in [-0.39, 0.29) is 23.2 Å². The third-order valence-corrected chi connectivity index (χ3v) is 8.42. The van der Waals surface area contributed by atoms with E-state index in [4.69, 9.17) is 14.2 Å². The molecule has 2 N–H and O–H groups in total. The zero-order valence-corrected chi connectivity index (χ0v) is 24.9. The number of hydrogen-bond acceptors (Lipinski definition) is 8. The van der Waals surface area contributed by atoms with Crippen molar-refractivity contribution in [1.29, 1.82) is 0 Å². The van der Waals surface area contributed by atoms with Crippen molar-refractivity contribution in [1.82, 2.24) is 10.2 Å². The van der Waals surface area contributed by atoms with Crippen molar-refractivity contribution in [2.45, 2.75) is 45.7 Å². The Morgan fingerprint density at radius 1 is 1.02 bits per heavy atom. The van der Waals surface area contributed by atoms with Crippen LogP contribution in [-0.4, -0.2) is 68.7 Å². The van der Waals surface area contributed by atoms with Gasteiger partial charge in [-0.05, 0) is 53.6 Å². The highest BCUT2D eigenvalue weighted by Gasteiger charge is 2.31. The zero-order chi connectivity index (χ0) is 29.0. The summed E-state index contributed by atoms with van der Waals surface area (Å²) in [7, 11) is 4.70. The first-order chi connectivity index (χ1) is 19.2. The molecule has 2 aliphatic rings. The van der Waals surface area contributed by atoms with Gasteiger partial charge in [0.25, 0.3) is 0 Å². The zero-order valence-electron chi connectivity index (χ0n) is 24.1. The lowest BCUT2D eigenvalue weighted by Crippen LogP contribution is -2.49. The van der Waals surface area contributed by atoms with Gasteiger partial charge in [-0.1, -0.05) is 19.9 Å². The van der Waals surface area contributed by atoms with E-state index in [1.165, 1.54) is 6.92 Å². The van der Waals surface area contributed by atoms with Gasteiger partial charge in [0.1, 0.15) is 6.04 Å². The van der Waals surface area contributed by atoms with Gasteiger partial charge >= 0.3 is 0 Å². The van der Waals surface area contributed by atoms with Gasteiger partial charge in [0.2, 0.25) is 23.0 Å². The summed E-state index contributed by atoms with van der Waals surface area (Å²) in [4.78, 5) is 41.2. The number of nitrogens with zero attached hydrogens (tertiary/aromatic N) is 1. The molecule has 216 valence electrons. The molecule has 9 nitrogen and oxygen atoms in total. The van der Waals surface area contributed by atoms with E-state index in [1.807, 2.05) is 42.6 Å². The number of rotatable bonds is 8. The number of amides is 2. The molecule has 40 heavy (non-hydrogen) atoms. The molecular weight excluding hydrogens is 530 g/mol. The summed E-state index contributed by atoms with van der Waals surface area (Å²) < 4.78 is 17.1. The first-order valence-electron chi connectivity index (χ1n) is 13.6. The molecule has 1 fully saturated rings. The van der Waals surface area contributed by atoms with Gasteiger partial charge in [0.05, 0.1) is 33.1 Å². The van der Waals surface area contributed by atoms with Crippen LogP contribution in [0, 0.1) is 5.92 Å². The normalized spacial score (nSPS) is 17.2. The third kappa shape index (κ3) is 6.01. The number of ether oxygens (including phenoxy) is 3. The van der Waals surface area contributed by atoms with Gasteiger partial charge in [0, 0.05) is 37.1 Å². The molecule has 10 heteroatoms. The largest absolute Gasteiger partial charge is 0.493 e. The Bertz CT molecular complexity index is 1330. The number of aryl methyl sites for hydroxylation is 1. The number of carbonyl (C=O) groups is 2. The maximum atomic E-state index is 13.7. The second-order valence-corrected chi connectivity index (χ2v) is 11.6. The van der Waals surface area contributed by atoms with Crippen LogP contribution in [-0.2, 0) is 16.0 Å². The van der Waals surface area contributed by atoms with Crippen molar-refractivity contribution in [3.05, 3.63) is 45.6 Å². The van der Waals surface area contributed by atoms with Crippen LogP contribution in [0.5, 0.6) is 17.2 Å². The average molecular weight is 570 g/mol. The number of nitrogens with one attached hydrogen (secondary N) is 2. The highest BCUT2D eigenvalue weighted by Crippen LogP contribution is 2.50. The predicted molar refractivity (Wildman–Crippen MR) is 159 cm³/mol. The molecule has 2 aromatic rings. The first kappa shape index (κ1) is 29.6. The van der Waals surface area contributed by atoms with Gasteiger partial charge in [-0.2, -0.15) is 11.8 Å². The quantitative estimate of drug-likeness (QED) is 0.494. The molecule has 1 aliphatic carbocycles. The number of fused-ring (bicyclic) bond motifs is 3. The number of benzene rings is 1. The van der Waals surface area contributed by atoms with E-state index >= 15 is 0 Å². The van der Waals surface area contributed by atoms with Crippen LogP contribution in [0.15, 0.2) is 29.1 Å². The van der Waals surface area contributed by atoms with Crippen molar-refractivity contribution in [3.63, 3.8) is 0 Å². The lowest BCUT2D eigenvalue weighted by Gasteiger charge is -2.32. The Labute approximate surface area is 239 Å². The maximum absolute atomic E-state index is 13.7. The molecule has 2 atom stereocenters. The van der Waals surface area contributed by atoms with E-state index in [0.29, 0.717) is 54.4 Å². The summed E-state index contributed by atoms with van der Waals surface area (Å²) in [5.74, 6) is 3.09. The molecule has 1 heterocycles. The SMILES string of the molecule is COc1cc2c(c(OC)c1OC)-c1ccc(N[C@H](C(=O)N3CCSCC3)C(C)C)c(=O)cc1[C@@H](NC(C)=O)CC2. The topological polar surface area (TPSA) is 106 Å². The molecule has 0 bridgehead atoms. The highest BCUT2D eigenvalue weighted by atomic mass is 32.2. The van der Waals surface area contributed by atoms with Crippen LogP contribution in [0.3, 0.4) is 0 Å². The van der Waals surface area contributed by atoms with Gasteiger partial charge < -0.3 is 29.7 Å². The van der Waals surface area contributed by atoms with E-state index in [1.54, 1.807) is 33.5 Å². The van der Waals surface area contributed by atoms with Crippen LogP contribution >= 0.6 is 11.8 Å². The standard InChI is InChI=1S/C30H39N3O6S/c1-17(2)27(30(36)33-11-13-40-14-12-33)32-23-10-8-20-21(16-24(23)35)22(31-18(3)34)9-7-19-15-25(37-4)28(38-5)29(39-6)26(19)20/h8,10,15-17,22,27H,7,9,11-14H2,1-6H3,(H,31,34)(H,32,35)/t22-,27-/m0/s1. The van der Waals surface area contributed by atoms with Gasteiger partial charge in [-0.15, -0.1) is 0 Å². The molecule has 2 amide bonds. The Balaban J connectivity index is 1.88. The summed E-state index contributed by atoms with van der Waals surface area (Å²) >= 11 is 1.84. The summed E-state index contributed by atoms with van der Waals surface area (Å²) in [6.45, 7) is 6.83. The fourth-order valence-electron chi connectivity index (χ4n) is 5.49.